The van der Waals surface area contributed by atoms with E-state index in [2.05, 4.69) is 10.3 Å². The van der Waals surface area contributed by atoms with Gasteiger partial charge in [0, 0.05) is 24.4 Å². The van der Waals surface area contributed by atoms with Crippen molar-refractivity contribution in [1.82, 2.24) is 9.38 Å². The molecule has 0 radical (unpaired) electrons. The largest absolute Gasteiger partial charge is 0.511 e. The lowest BCUT2D eigenvalue weighted by molar-refractivity contribution is -0.111. The van der Waals surface area contributed by atoms with Crippen LogP contribution >= 0.6 is 0 Å². The van der Waals surface area contributed by atoms with Crippen molar-refractivity contribution in [2.24, 2.45) is 0 Å². The minimum absolute atomic E-state index is 0.0660. The van der Waals surface area contributed by atoms with Gasteiger partial charge in [0.1, 0.15) is 28.4 Å². The predicted octanol–water partition coefficient (Wildman–Crippen LogP) is 3.20. The van der Waals surface area contributed by atoms with Gasteiger partial charge in [-0.3, -0.25) is 4.79 Å². The fourth-order valence-corrected chi connectivity index (χ4v) is 3.12. The lowest BCUT2D eigenvalue weighted by Crippen LogP contribution is -2.19. The molecule has 6 nitrogen and oxygen atoms in total. The number of methoxy groups -OCH3 is 1. The van der Waals surface area contributed by atoms with E-state index in [0.717, 1.165) is 11.3 Å². The van der Waals surface area contributed by atoms with Crippen LogP contribution in [0.15, 0.2) is 54.4 Å². The molecule has 25 heavy (non-hydrogen) atoms. The van der Waals surface area contributed by atoms with E-state index in [-0.39, 0.29) is 17.2 Å². The third-order valence-corrected chi connectivity index (χ3v) is 4.31. The number of fused-ring (bicyclic) bond motifs is 3. The summed E-state index contributed by atoms with van der Waals surface area (Å²) in [5, 5.41) is 13.2. The summed E-state index contributed by atoms with van der Waals surface area (Å²) in [4.78, 5) is 17.3. The summed E-state index contributed by atoms with van der Waals surface area (Å²) < 4.78 is 7.13. The molecule has 0 saturated carbocycles. The number of ether oxygens (including phenoxy) is 1. The van der Waals surface area contributed by atoms with Gasteiger partial charge in [-0.25, -0.2) is 4.98 Å². The number of aliphatic hydroxyl groups is 1. The van der Waals surface area contributed by atoms with E-state index < -0.39 is 0 Å². The zero-order valence-corrected chi connectivity index (χ0v) is 13.7. The average molecular weight is 335 g/mol. The van der Waals surface area contributed by atoms with E-state index >= 15 is 0 Å². The Kier molecular flexibility index (Phi) is 3.65. The van der Waals surface area contributed by atoms with Gasteiger partial charge in [0.2, 0.25) is 0 Å². The van der Waals surface area contributed by atoms with Gasteiger partial charge in [-0.2, -0.15) is 0 Å². The third kappa shape index (κ3) is 2.61. The summed E-state index contributed by atoms with van der Waals surface area (Å²) in [6.07, 6.45) is 2.97. The van der Waals surface area contributed by atoms with Crippen LogP contribution in [0.25, 0.3) is 11.2 Å². The first-order valence-electron chi connectivity index (χ1n) is 8.01. The van der Waals surface area contributed by atoms with Gasteiger partial charge >= 0.3 is 0 Å². The molecule has 0 spiro atoms. The molecule has 0 bridgehead atoms. The monoisotopic (exact) mass is 335 g/mol. The van der Waals surface area contributed by atoms with E-state index in [1.54, 1.807) is 31.4 Å². The highest BCUT2D eigenvalue weighted by atomic mass is 16.5. The number of carbonyl (C=O) groups excluding carboxylic acids is 1. The average Bonchev–Trinajstić information content (AvgIpc) is 3.00. The van der Waals surface area contributed by atoms with Crippen molar-refractivity contribution < 1.29 is 14.6 Å². The number of hydrogen-bond donors (Lipinski definition) is 2. The second kappa shape index (κ2) is 5.98. The van der Waals surface area contributed by atoms with Gasteiger partial charge in [-0.1, -0.05) is 12.1 Å². The second-order valence-electron chi connectivity index (χ2n) is 5.84. The van der Waals surface area contributed by atoms with Gasteiger partial charge in [-0.15, -0.1) is 0 Å². The van der Waals surface area contributed by atoms with Crippen LogP contribution in [-0.4, -0.2) is 27.5 Å². The summed E-state index contributed by atoms with van der Waals surface area (Å²) >= 11 is 0. The number of amides is 1. The van der Waals surface area contributed by atoms with E-state index in [1.165, 1.54) is 0 Å². The van der Waals surface area contributed by atoms with Crippen LogP contribution in [0.1, 0.15) is 17.8 Å². The van der Waals surface area contributed by atoms with Crippen molar-refractivity contribution in [1.29, 1.82) is 0 Å². The van der Waals surface area contributed by atoms with E-state index in [4.69, 9.17) is 4.74 Å². The number of aryl methyl sites for hydroxylation is 1. The zero-order valence-electron chi connectivity index (χ0n) is 13.7. The molecule has 1 aliphatic carbocycles. The molecule has 0 aliphatic heterocycles. The maximum atomic E-state index is 12.8. The lowest BCUT2D eigenvalue weighted by atomic mass is 9.97. The molecule has 6 heteroatoms. The van der Waals surface area contributed by atoms with Crippen molar-refractivity contribution in [3.63, 3.8) is 0 Å². The summed E-state index contributed by atoms with van der Waals surface area (Å²) in [7, 11) is 1.57. The molecule has 126 valence electrons. The van der Waals surface area contributed by atoms with Gasteiger partial charge in [-0.05, 0) is 30.7 Å². The number of nitrogens with zero attached hydrogens (tertiary/aromatic N) is 2. The Morgan fingerprint density at radius 1 is 1.24 bits per heavy atom. The van der Waals surface area contributed by atoms with Crippen molar-refractivity contribution in [2.45, 2.75) is 12.8 Å². The van der Waals surface area contributed by atoms with E-state index in [0.29, 0.717) is 30.0 Å². The first kappa shape index (κ1) is 15.3. The maximum absolute atomic E-state index is 12.8. The number of allylic oxidation sites excluding steroid dienone is 1. The number of pyridine rings is 1. The molecule has 2 aromatic heterocycles. The van der Waals surface area contributed by atoms with Crippen LogP contribution < -0.4 is 10.1 Å². The summed E-state index contributed by atoms with van der Waals surface area (Å²) in [5.74, 6) is 0.333. The van der Waals surface area contributed by atoms with E-state index in [1.807, 2.05) is 28.8 Å². The smallest absolute Gasteiger partial charge is 0.261 e. The number of nitrogens with one attached hydrogen (secondary N) is 1. The molecule has 2 heterocycles. The maximum Gasteiger partial charge on any atom is 0.261 e. The lowest BCUT2D eigenvalue weighted by Gasteiger charge is -2.16. The Hall–Kier alpha value is -3.28. The van der Waals surface area contributed by atoms with Gasteiger partial charge < -0.3 is 19.6 Å². The Labute approximate surface area is 144 Å². The van der Waals surface area contributed by atoms with Crippen molar-refractivity contribution in [3.8, 4) is 5.75 Å². The fraction of sp³-hybridized carbons (Fsp3) is 0.158. The minimum atomic E-state index is -0.380. The van der Waals surface area contributed by atoms with Crippen LogP contribution in [0.3, 0.4) is 0 Å². The Morgan fingerprint density at radius 3 is 2.96 bits per heavy atom. The molecule has 1 amide bonds. The third-order valence-electron chi connectivity index (χ3n) is 4.31. The molecule has 3 aromatic rings. The quantitative estimate of drug-likeness (QED) is 0.771. The molecule has 0 atom stereocenters. The molecule has 0 fully saturated rings. The Morgan fingerprint density at radius 2 is 2.12 bits per heavy atom. The number of aromatic nitrogens is 2. The summed E-state index contributed by atoms with van der Waals surface area (Å²) in [6.45, 7) is 0. The highest BCUT2D eigenvalue weighted by molar-refractivity contribution is 6.26. The first-order chi connectivity index (χ1) is 12.2. The zero-order chi connectivity index (χ0) is 17.4. The Balaban J connectivity index is 1.73. The number of rotatable bonds is 3. The van der Waals surface area contributed by atoms with Crippen molar-refractivity contribution in [3.05, 3.63) is 65.8 Å². The number of anilines is 1. The van der Waals surface area contributed by atoms with Crippen LogP contribution in [0.5, 0.6) is 5.75 Å². The number of carbonyl (C=O) groups is 1. The highest BCUT2D eigenvalue weighted by Gasteiger charge is 2.28. The number of imidazole rings is 1. The molecule has 0 unspecified atom stereocenters. The van der Waals surface area contributed by atoms with Crippen LogP contribution in [0, 0.1) is 0 Å². The van der Waals surface area contributed by atoms with Crippen LogP contribution in [0.2, 0.25) is 0 Å². The number of benzene rings is 1. The topological polar surface area (TPSA) is 75.9 Å². The molecule has 0 saturated heterocycles. The predicted molar refractivity (Wildman–Crippen MR) is 94.7 cm³/mol. The standard InChI is InChI=1S/C19H17N3O3/c1-25-13-6-4-5-12(11-13)20-19(24)17-15(23)9-8-14-18(17)21-16-7-2-3-10-22(14)16/h2-7,10-11,23H,8-9H2,1H3,(H,20,24). The van der Waals surface area contributed by atoms with Crippen molar-refractivity contribution >= 4 is 22.8 Å². The summed E-state index contributed by atoms with van der Waals surface area (Å²) in [5.41, 5.74) is 3.06. The molecule has 4 rings (SSSR count). The highest BCUT2D eigenvalue weighted by Crippen LogP contribution is 2.31. The second-order valence-corrected chi connectivity index (χ2v) is 5.84. The SMILES string of the molecule is COc1cccc(NC(=O)C2=C(O)CCc3c2nc2ccccn32)c1. The van der Waals surface area contributed by atoms with E-state index in [9.17, 15) is 9.90 Å². The molecule has 1 aliphatic rings. The summed E-state index contributed by atoms with van der Waals surface area (Å²) in [6, 6.07) is 12.8. The van der Waals surface area contributed by atoms with Gasteiger partial charge in [0.25, 0.3) is 5.91 Å². The molecule has 2 N–H and O–H groups in total. The van der Waals surface area contributed by atoms with Gasteiger partial charge in [0.05, 0.1) is 12.8 Å². The molecular weight excluding hydrogens is 318 g/mol. The molecular formula is C19H17N3O3. The Bertz CT molecular complexity index is 1000. The van der Waals surface area contributed by atoms with Crippen LogP contribution in [0.4, 0.5) is 5.69 Å². The fourth-order valence-electron chi connectivity index (χ4n) is 3.12. The van der Waals surface area contributed by atoms with Crippen molar-refractivity contribution in [2.75, 3.05) is 12.4 Å². The van der Waals surface area contributed by atoms with Crippen LogP contribution in [-0.2, 0) is 11.2 Å². The first-order valence-corrected chi connectivity index (χ1v) is 8.01. The normalized spacial score (nSPS) is 13.6. The molecule has 1 aromatic carbocycles. The van der Waals surface area contributed by atoms with Gasteiger partial charge in [0.15, 0.2) is 0 Å². The number of hydrogen-bond acceptors (Lipinski definition) is 4. The minimum Gasteiger partial charge on any atom is -0.511 e. The number of aliphatic hydroxyl groups excluding tert-OH is 1.